The van der Waals surface area contributed by atoms with Crippen LogP contribution < -0.4 is 10.1 Å². The van der Waals surface area contributed by atoms with Crippen LogP contribution >= 0.6 is 11.8 Å². The molecule has 2 aromatic carbocycles. The third-order valence-electron chi connectivity index (χ3n) is 5.48. The molecule has 27 heavy (non-hydrogen) atoms. The lowest BCUT2D eigenvalue weighted by Gasteiger charge is -2.33. The number of imide groups is 1. The fourth-order valence-corrected chi connectivity index (χ4v) is 4.58. The molecule has 140 valence electrons. The Morgan fingerprint density at radius 3 is 2.52 bits per heavy atom. The Balaban J connectivity index is 1.63. The fourth-order valence-electron chi connectivity index (χ4n) is 3.91. The molecule has 1 saturated carbocycles. The van der Waals surface area contributed by atoms with Crippen molar-refractivity contribution in [2.45, 2.75) is 39.0 Å². The molecule has 0 atom stereocenters. The van der Waals surface area contributed by atoms with Gasteiger partial charge >= 0.3 is 0 Å². The summed E-state index contributed by atoms with van der Waals surface area (Å²) in [5.41, 5.74) is 1.16. The Bertz CT molecular complexity index is 928. The lowest BCUT2D eigenvalue weighted by atomic mass is 9.76. The van der Waals surface area contributed by atoms with Gasteiger partial charge in [-0.2, -0.15) is 0 Å². The van der Waals surface area contributed by atoms with E-state index in [1.54, 1.807) is 6.08 Å². The molecule has 4 nitrogen and oxygen atoms in total. The molecule has 2 fully saturated rings. The average Bonchev–Trinajstić information content (AvgIpc) is 2.98. The van der Waals surface area contributed by atoms with Crippen LogP contribution in [0.1, 0.15) is 44.6 Å². The summed E-state index contributed by atoms with van der Waals surface area (Å²) in [4.78, 5) is 23.7. The monoisotopic (exact) mass is 381 g/mol. The highest BCUT2D eigenvalue weighted by molar-refractivity contribution is 8.18. The molecule has 2 aromatic rings. The van der Waals surface area contributed by atoms with Gasteiger partial charge in [0.15, 0.2) is 0 Å². The van der Waals surface area contributed by atoms with Crippen molar-refractivity contribution >= 4 is 39.8 Å². The van der Waals surface area contributed by atoms with Gasteiger partial charge in [-0.3, -0.25) is 14.9 Å². The number of nitrogens with one attached hydrogen (secondary N) is 1. The lowest BCUT2D eigenvalue weighted by Crippen LogP contribution is -2.27. The molecule has 1 heterocycles. The number of benzene rings is 2. The summed E-state index contributed by atoms with van der Waals surface area (Å²) in [5.74, 6) is 0.541. The first-order valence-electron chi connectivity index (χ1n) is 9.44. The number of amides is 2. The molecule has 0 spiro atoms. The Hall–Kier alpha value is -2.27. The number of rotatable bonds is 4. The number of fused-ring (bicyclic) bond motifs is 1. The minimum Gasteiger partial charge on any atom is -0.492 e. The molecule has 0 bridgehead atoms. The molecule has 4 rings (SSSR count). The molecule has 1 aliphatic heterocycles. The summed E-state index contributed by atoms with van der Waals surface area (Å²) < 4.78 is 6.27. The van der Waals surface area contributed by atoms with Gasteiger partial charge in [-0.15, -0.1) is 0 Å². The Morgan fingerprint density at radius 2 is 1.81 bits per heavy atom. The van der Waals surface area contributed by atoms with E-state index in [1.165, 1.54) is 32.1 Å². The summed E-state index contributed by atoms with van der Waals surface area (Å²) in [5, 5.41) is 4.02. The highest BCUT2D eigenvalue weighted by atomic mass is 32.2. The summed E-state index contributed by atoms with van der Waals surface area (Å²) in [6, 6.07) is 12.0. The van der Waals surface area contributed by atoms with Crippen LogP contribution in [0, 0.1) is 5.41 Å². The smallest absolute Gasteiger partial charge is 0.290 e. The number of carbonyl (C=O) groups is 2. The highest BCUT2D eigenvalue weighted by Crippen LogP contribution is 2.38. The van der Waals surface area contributed by atoms with Crippen molar-refractivity contribution in [2.75, 3.05) is 6.61 Å². The van der Waals surface area contributed by atoms with Gasteiger partial charge in [0.25, 0.3) is 11.1 Å². The zero-order valence-electron chi connectivity index (χ0n) is 15.4. The zero-order valence-corrected chi connectivity index (χ0v) is 16.2. The van der Waals surface area contributed by atoms with Crippen molar-refractivity contribution in [1.29, 1.82) is 0 Å². The molecular weight excluding hydrogens is 358 g/mol. The topological polar surface area (TPSA) is 55.4 Å². The van der Waals surface area contributed by atoms with E-state index in [9.17, 15) is 9.59 Å². The maximum absolute atomic E-state index is 11.9. The minimum atomic E-state index is -0.334. The van der Waals surface area contributed by atoms with Crippen molar-refractivity contribution in [3.05, 3.63) is 46.9 Å². The molecule has 1 saturated heterocycles. The van der Waals surface area contributed by atoms with E-state index in [4.69, 9.17) is 4.74 Å². The predicted octanol–water partition coefficient (Wildman–Crippen LogP) is 5.51. The highest BCUT2D eigenvalue weighted by Gasteiger charge is 2.28. The molecule has 1 aliphatic carbocycles. The second-order valence-corrected chi connectivity index (χ2v) is 8.73. The molecule has 0 unspecified atom stereocenters. The Labute approximate surface area is 163 Å². The van der Waals surface area contributed by atoms with Crippen LogP contribution in [0.25, 0.3) is 16.8 Å². The van der Waals surface area contributed by atoms with Crippen molar-refractivity contribution < 1.29 is 14.3 Å². The molecule has 1 N–H and O–H groups in total. The zero-order chi connectivity index (χ0) is 18.9. The van der Waals surface area contributed by atoms with Crippen LogP contribution in [-0.2, 0) is 4.79 Å². The van der Waals surface area contributed by atoms with Gasteiger partial charge in [0.1, 0.15) is 5.75 Å². The first kappa shape index (κ1) is 18.1. The van der Waals surface area contributed by atoms with E-state index in [0.29, 0.717) is 4.91 Å². The van der Waals surface area contributed by atoms with Crippen LogP contribution in [0.4, 0.5) is 4.79 Å². The maximum Gasteiger partial charge on any atom is 0.290 e. The molecule has 2 aliphatic rings. The van der Waals surface area contributed by atoms with E-state index in [1.807, 2.05) is 36.4 Å². The third kappa shape index (κ3) is 3.88. The van der Waals surface area contributed by atoms with Crippen LogP contribution in [-0.4, -0.2) is 17.8 Å². The molecule has 2 amide bonds. The molecule has 5 heteroatoms. The van der Waals surface area contributed by atoms with Crippen molar-refractivity contribution in [1.82, 2.24) is 5.32 Å². The quantitative estimate of drug-likeness (QED) is 0.709. The van der Waals surface area contributed by atoms with Crippen LogP contribution in [0.5, 0.6) is 5.75 Å². The van der Waals surface area contributed by atoms with Crippen molar-refractivity contribution in [3.8, 4) is 5.75 Å². The van der Waals surface area contributed by atoms with E-state index in [0.717, 1.165) is 40.5 Å². The number of carbonyl (C=O) groups excluding carboxylic acids is 2. The van der Waals surface area contributed by atoms with Gasteiger partial charge in [-0.25, -0.2) is 0 Å². The Morgan fingerprint density at radius 1 is 1.07 bits per heavy atom. The van der Waals surface area contributed by atoms with E-state index < -0.39 is 0 Å². The first-order chi connectivity index (χ1) is 13.0. The van der Waals surface area contributed by atoms with Crippen LogP contribution in [0.2, 0.25) is 0 Å². The first-order valence-corrected chi connectivity index (χ1v) is 10.3. The summed E-state index contributed by atoms with van der Waals surface area (Å²) in [7, 11) is 0. The number of hydrogen-bond acceptors (Lipinski definition) is 4. The lowest BCUT2D eigenvalue weighted by molar-refractivity contribution is -0.115. The predicted molar refractivity (Wildman–Crippen MR) is 110 cm³/mol. The van der Waals surface area contributed by atoms with Crippen LogP contribution in [0.3, 0.4) is 0 Å². The molecular formula is C22H23NO3S. The van der Waals surface area contributed by atoms with Crippen LogP contribution in [0.15, 0.2) is 41.3 Å². The van der Waals surface area contributed by atoms with Gasteiger partial charge in [-0.05, 0) is 47.7 Å². The van der Waals surface area contributed by atoms with E-state index >= 15 is 0 Å². The van der Waals surface area contributed by atoms with Gasteiger partial charge < -0.3 is 4.74 Å². The summed E-state index contributed by atoms with van der Waals surface area (Å²) >= 11 is 0.940. The van der Waals surface area contributed by atoms with Gasteiger partial charge in [0, 0.05) is 10.8 Å². The fraction of sp³-hybridized carbons (Fsp3) is 0.364. The average molecular weight is 381 g/mol. The third-order valence-corrected chi connectivity index (χ3v) is 6.29. The summed E-state index contributed by atoms with van der Waals surface area (Å²) in [6.45, 7) is 3.05. The number of hydrogen-bond donors (Lipinski definition) is 1. The van der Waals surface area contributed by atoms with Gasteiger partial charge in [-0.1, -0.05) is 56.5 Å². The van der Waals surface area contributed by atoms with Crippen molar-refractivity contribution in [3.63, 3.8) is 0 Å². The second kappa shape index (κ2) is 7.39. The van der Waals surface area contributed by atoms with Crippen molar-refractivity contribution in [2.24, 2.45) is 5.41 Å². The van der Waals surface area contributed by atoms with E-state index in [-0.39, 0.29) is 16.6 Å². The summed E-state index contributed by atoms with van der Waals surface area (Å²) in [6.07, 6.45) is 8.11. The normalized spacial score (nSPS) is 20.9. The number of thioether (sulfide) groups is 1. The molecule has 0 aromatic heterocycles. The van der Waals surface area contributed by atoms with E-state index in [2.05, 4.69) is 12.2 Å². The minimum absolute atomic E-state index is 0.249. The SMILES string of the molecule is CC1(COc2ccc(/C=C3/SC(=O)NC3=O)c3ccccc23)CCCCC1. The largest absolute Gasteiger partial charge is 0.492 e. The van der Waals surface area contributed by atoms with Gasteiger partial charge in [0.2, 0.25) is 0 Å². The second-order valence-electron chi connectivity index (χ2n) is 7.71. The Kier molecular flexibility index (Phi) is 4.96. The number of ether oxygens (including phenoxy) is 1. The maximum atomic E-state index is 11.9. The standard InChI is InChI=1S/C22H23NO3S/c1-22(11-5-2-6-12-22)14-26-18-10-9-15(16-7-3-4-8-17(16)18)13-19-20(24)23-21(25)27-19/h3-4,7-10,13H,2,5-6,11-12,14H2,1H3,(H,23,24,25)/b19-13+. The molecule has 0 radical (unpaired) electrons. The van der Waals surface area contributed by atoms with Gasteiger partial charge in [0.05, 0.1) is 11.5 Å².